The first-order chi connectivity index (χ1) is 12.0. The molecule has 1 N–H and O–H groups in total. The van der Waals surface area contributed by atoms with E-state index in [9.17, 15) is 4.79 Å². The highest BCUT2D eigenvalue weighted by molar-refractivity contribution is 6.00. The third-order valence-corrected chi connectivity index (χ3v) is 4.90. The Hall–Kier alpha value is -2.76. The molecular formula is C19H21N5O. The lowest BCUT2D eigenvalue weighted by Crippen LogP contribution is -2.45. The van der Waals surface area contributed by atoms with Crippen molar-refractivity contribution in [1.29, 1.82) is 0 Å². The van der Waals surface area contributed by atoms with Crippen molar-refractivity contribution in [2.75, 3.05) is 0 Å². The number of hydrogen-bond acceptors (Lipinski definition) is 4. The zero-order chi connectivity index (χ0) is 17.6. The fraction of sp³-hybridized carbons (Fsp3) is 0.368. The van der Waals surface area contributed by atoms with E-state index >= 15 is 0 Å². The van der Waals surface area contributed by atoms with Crippen molar-refractivity contribution in [1.82, 2.24) is 24.9 Å². The summed E-state index contributed by atoms with van der Waals surface area (Å²) in [6.07, 6.45) is 7.42. The van der Waals surface area contributed by atoms with E-state index in [4.69, 9.17) is 0 Å². The summed E-state index contributed by atoms with van der Waals surface area (Å²) in [6.45, 7) is 6.12. The summed E-state index contributed by atoms with van der Waals surface area (Å²) < 4.78 is 1.71. The minimum Gasteiger partial charge on any atom is -0.347 e. The minimum absolute atomic E-state index is 0.120. The minimum atomic E-state index is -0.205. The second kappa shape index (κ2) is 5.65. The Bertz CT molecular complexity index is 941. The summed E-state index contributed by atoms with van der Waals surface area (Å²) in [5.74, 6) is 0.436. The highest BCUT2D eigenvalue weighted by Gasteiger charge is 2.39. The maximum atomic E-state index is 12.8. The summed E-state index contributed by atoms with van der Waals surface area (Å²) in [5, 5.41) is 7.49. The van der Waals surface area contributed by atoms with Gasteiger partial charge in [-0.2, -0.15) is 5.10 Å². The Balaban J connectivity index is 1.75. The molecule has 0 spiro atoms. The van der Waals surface area contributed by atoms with Crippen molar-refractivity contribution >= 4 is 11.6 Å². The number of nitrogens with one attached hydrogen (secondary N) is 1. The number of aryl methyl sites for hydroxylation is 1. The summed E-state index contributed by atoms with van der Waals surface area (Å²) >= 11 is 0. The Morgan fingerprint density at radius 3 is 2.68 bits per heavy atom. The number of amides is 1. The van der Waals surface area contributed by atoms with Gasteiger partial charge in [0.2, 0.25) is 0 Å². The van der Waals surface area contributed by atoms with Crippen molar-refractivity contribution in [3.63, 3.8) is 0 Å². The zero-order valence-electron chi connectivity index (χ0n) is 14.7. The van der Waals surface area contributed by atoms with E-state index in [2.05, 4.69) is 34.2 Å². The lowest BCUT2D eigenvalue weighted by Gasteiger charge is -2.25. The van der Waals surface area contributed by atoms with Gasteiger partial charge in [0, 0.05) is 29.2 Å². The molecule has 0 unspecified atom stereocenters. The molecule has 0 saturated heterocycles. The second-order valence-corrected chi connectivity index (χ2v) is 7.26. The summed E-state index contributed by atoms with van der Waals surface area (Å²) in [5.41, 5.74) is 3.58. The fourth-order valence-corrected chi connectivity index (χ4v) is 3.21. The van der Waals surface area contributed by atoms with Crippen molar-refractivity contribution < 1.29 is 4.79 Å². The third-order valence-electron chi connectivity index (χ3n) is 4.90. The van der Waals surface area contributed by atoms with Crippen LogP contribution in [-0.4, -0.2) is 31.0 Å². The molecule has 3 heterocycles. The molecule has 4 rings (SSSR count). The van der Waals surface area contributed by atoms with E-state index in [0.717, 1.165) is 17.0 Å². The number of carbonyl (C=O) groups is 1. The Kier molecular flexibility index (Phi) is 3.56. The fourth-order valence-electron chi connectivity index (χ4n) is 3.21. The number of rotatable bonds is 4. The molecule has 1 fully saturated rings. The highest BCUT2D eigenvalue weighted by Crippen LogP contribution is 2.39. The van der Waals surface area contributed by atoms with Crippen molar-refractivity contribution in [2.24, 2.45) is 5.92 Å². The summed E-state index contributed by atoms with van der Waals surface area (Å²) in [7, 11) is 0. The van der Waals surface area contributed by atoms with Gasteiger partial charge < -0.3 is 5.32 Å². The highest BCUT2D eigenvalue weighted by atomic mass is 16.1. The van der Waals surface area contributed by atoms with E-state index in [1.54, 1.807) is 23.1 Å². The van der Waals surface area contributed by atoms with E-state index in [0.29, 0.717) is 17.1 Å². The van der Waals surface area contributed by atoms with Gasteiger partial charge in [0.25, 0.3) is 5.91 Å². The topological polar surface area (TPSA) is 72.2 Å². The lowest BCUT2D eigenvalue weighted by molar-refractivity contribution is 0.0905. The molecule has 1 amide bonds. The number of nitrogens with zero attached hydrogens (tertiary/aromatic N) is 4. The SMILES string of the molecule is Cc1cc(-c2ccncc2)nc2c(C(=O)NC(C)(C)C3CC3)cnn12. The molecule has 1 saturated carbocycles. The monoisotopic (exact) mass is 335 g/mol. The van der Waals surface area contributed by atoms with Crippen LogP contribution in [0.5, 0.6) is 0 Å². The molecule has 6 nitrogen and oxygen atoms in total. The maximum Gasteiger partial charge on any atom is 0.257 e. The van der Waals surface area contributed by atoms with Gasteiger partial charge in [-0.25, -0.2) is 9.50 Å². The predicted octanol–water partition coefficient (Wildman–Crippen LogP) is 3.02. The van der Waals surface area contributed by atoms with Crippen LogP contribution in [0.1, 0.15) is 42.7 Å². The first kappa shape index (κ1) is 15.7. The number of carbonyl (C=O) groups excluding carboxylic acids is 1. The quantitative estimate of drug-likeness (QED) is 0.795. The van der Waals surface area contributed by atoms with Gasteiger partial charge in [-0.3, -0.25) is 9.78 Å². The maximum absolute atomic E-state index is 12.8. The van der Waals surface area contributed by atoms with Crippen LogP contribution in [0.15, 0.2) is 36.8 Å². The number of aromatic nitrogens is 4. The molecule has 128 valence electrons. The number of pyridine rings is 1. The molecule has 0 bridgehead atoms. The second-order valence-electron chi connectivity index (χ2n) is 7.26. The summed E-state index contributed by atoms with van der Waals surface area (Å²) in [6, 6.07) is 5.78. The Morgan fingerprint density at radius 2 is 2.00 bits per heavy atom. The molecular weight excluding hydrogens is 314 g/mol. The average molecular weight is 335 g/mol. The van der Waals surface area contributed by atoms with E-state index in [1.165, 1.54) is 12.8 Å². The summed E-state index contributed by atoms with van der Waals surface area (Å²) in [4.78, 5) is 21.5. The van der Waals surface area contributed by atoms with E-state index in [1.807, 2.05) is 25.1 Å². The van der Waals surface area contributed by atoms with Crippen LogP contribution in [0.2, 0.25) is 0 Å². The Labute approximate surface area is 146 Å². The molecule has 1 aliphatic carbocycles. The third kappa shape index (κ3) is 2.88. The average Bonchev–Trinajstić information content (AvgIpc) is 3.36. The largest absolute Gasteiger partial charge is 0.347 e. The van der Waals surface area contributed by atoms with Gasteiger partial charge in [-0.05, 0) is 57.7 Å². The van der Waals surface area contributed by atoms with Crippen LogP contribution < -0.4 is 5.32 Å². The lowest BCUT2D eigenvalue weighted by atomic mass is 9.98. The van der Waals surface area contributed by atoms with Gasteiger partial charge in [0.1, 0.15) is 5.56 Å². The van der Waals surface area contributed by atoms with E-state index in [-0.39, 0.29) is 11.4 Å². The normalized spacial score (nSPS) is 14.7. The van der Waals surface area contributed by atoms with Crippen LogP contribution >= 0.6 is 0 Å². The number of fused-ring (bicyclic) bond motifs is 1. The predicted molar refractivity (Wildman–Crippen MR) is 95.2 cm³/mol. The van der Waals surface area contributed by atoms with E-state index < -0.39 is 0 Å². The molecule has 0 radical (unpaired) electrons. The molecule has 1 aliphatic rings. The molecule has 0 aliphatic heterocycles. The van der Waals surface area contributed by atoms with Crippen LogP contribution in [0.3, 0.4) is 0 Å². The van der Waals surface area contributed by atoms with Crippen LogP contribution in [0, 0.1) is 12.8 Å². The van der Waals surface area contributed by atoms with Crippen molar-refractivity contribution in [3.8, 4) is 11.3 Å². The van der Waals surface area contributed by atoms with Gasteiger partial charge in [0.15, 0.2) is 5.65 Å². The molecule has 25 heavy (non-hydrogen) atoms. The van der Waals surface area contributed by atoms with Crippen molar-refractivity contribution in [3.05, 3.63) is 48.0 Å². The molecule has 0 aromatic carbocycles. The van der Waals surface area contributed by atoms with Gasteiger partial charge >= 0.3 is 0 Å². The van der Waals surface area contributed by atoms with Crippen molar-refractivity contribution in [2.45, 2.75) is 39.2 Å². The molecule has 0 atom stereocenters. The molecule has 6 heteroatoms. The van der Waals surface area contributed by atoms with Gasteiger partial charge in [-0.15, -0.1) is 0 Å². The first-order valence-corrected chi connectivity index (χ1v) is 8.54. The van der Waals surface area contributed by atoms with Gasteiger partial charge in [-0.1, -0.05) is 0 Å². The Morgan fingerprint density at radius 1 is 1.28 bits per heavy atom. The smallest absolute Gasteiger partial charge is 0.257 e. The standard InChI is InChI=1S/C19H21N5O/c1-12-10-16(13-6-8-20-9-7-13)22-17-15(11-21-24(12)17)18(25)23-19(2,3)14-4-5-14/h6-11,14H,4-5H2,1-3H3,(H,23,25). The van der Waals surface area contributed by atoms with Crippen LogP contribution in [-0.2, 0) is 0 Å². The van der Waals surface area contributed by atoms with Crippen LogP contribution in [0.25, 0.3) is 16.9 Å². The number of hydrogen-bond donors (Lipinski definition) is 1. The molecule has 3 aromatic heterocycles. The van der Waals surface area contributed by atoms with Crippen LogP contribution in [0.4, 0.5) is 0 Å². The first-order valence-electron chi connectivity index (χ1n) is 8.54. The molecule has 3 aromatic rings. The zero-order valence-corrected chi connectivity index (χ0v) is 14.7. The van der Waals surface area contributed by atoms with Gasteiger partial charge in [0.05, 0.1) is 11.9 Å².